The molecule has 1 atom stereocenters. The van der Waals surface area contributed by atoms with Gasteiger partial charge in [-0.3, -0.25) is 4.79 Å². The third-order valence-electron chi connectivity index (χ3n) is 4.17. The topological polar surface area (TPSA) is 73.9 Å². The van der Waals surface area contributed by atoms with Crippen molar-refractivity contribution in [3.05, 3.63) is 23.8 Å². The van der Waals surface area contributed by atoms with Crippen molar-refractivity contribution < 1.29 is 23.8 Å². The number of amides is 1. The zero-order valence-corrected chi connectivity index (χ0v) is 14.0. The minimum atomic E-state index is -0.857. The van der Waals surface area contributed by atoms with E-state index >= 15 is 0 Å². The molecule has 1 aromatic carbocycles. The summed E-state index contributed by atoms with van der Waals surface area (Å²) in [5.74, 6) is -0.0759. The summed E-state index contributed by atoms with van der Waals surface area (Å²) in [5.41, 5.74) is -0.0789. The molecule has 6 heteroatoms. The van der Waals surface area contributed by atoms with E-state index in [1.54, 1.807) is 25.1 Å². The predicted octanol–water partition coefficient (Wildman–Crippen LogP) is 2.63. The van der Waals surface area contributed by atoms with Gasteiger partial charge in [0.15, 0.2) is 0 Å². The largest absolute Gasteiger partial charge is 0.493 e. The van der Waals surface area contributed by atoms with Crippen LogP contribution in [0.25, 0.3) is 0 Å². The smallest absolute Gasteiger partial charge is 0.341 e. The molecule has 1 N–H and O–H groups in total. The number of esters is 1. The highest BCUT2D eigenvalue weighted by Gasteiger charge is 2.47. The molecule has 2 rings (SSSR count). The van der Waals surface area contributed by atoms with Gasteiger partial charge in [0.2, 0.25) is 0 Å². The summed E-state index contributed by atoms with van der Waals surface area (Å²) in [6.45, 7) is 4.05. The average Bonchev–Trinajstić information content (AvgIpc) is 3.40. The van der Waals surface area contributed by atoms with E-state index in [0.29, 0.717) is 18.0 Å². The van der Waals surface area contributed by atoms with E-state index in [1.165, 1.54) is 14.2 Å². The zero-order valence-electron chi connectivity index (χ0n) is 14.0. The summed E-state index contributed by atoms with van der Waals surface area (Å²) in [7, 11) is 2.84. The van der Waals surface area contributed by atoms with E-state index < -0.39 is 11.6 Å². The van der Waals surface area contributed by atoms with Crippen LogP contribution in [0.3, 0.4) is 0 Å². The summed E-state index contributed by atoms with van der Waals surface area (Å²) in [5, 5.41) is 2.82. The molecule has 1 fully saturated rings. The van der Waals surface area contributed by atoms with Crippen LogP contribution in [0, 0.1) is 5.92 Å². The van der Waals surface area contributed by atoms with Gasteiger partial charge in [-0.1, -0.05) is 0 Å². The Bertz CT molecular complexity index is 597. The summed E-state index contributed by atoms with van der Waals surface area (Å²) in [4.78, 5) is 24.4. The minimum absolute atomic E-state index is 0.220. The number of hydrogen-bond donors (Lipinski definition) is 1. The molecule has 23 heavy (non-hydrogen) atoms. The molecule has 0 radical (unpaired) electrons. The van der Waals surface area contributed by atoms with Gasteiger partial charge in [-0.05, 0) is 50.8 Å². The Morgan fingerprint density at radius 1 is 1.30 bits per heavy atom. The second-order valence-corrected chi connectivity index (χ2v) is 5.68. The number of methoxy groups -OCH3 is 2. The fraction of sp³-hybridized carbons (Fsp3) is 0.529. The van der Waals surface area contributed by atoms with Crippen LogP contribution in [0.5, 0.6) is 5.75 Å². The molecule has 0 aliphatic heterocycles. The Hall–Kier alpha value is -2.08. The number of carbonyl (C=O) groups excluding carboxylic acids is 2. The van der Waals surface area contributed by atoms with E-state index in [0.717, 1.165) is 12.8 Å². The van der Waals surface area contributed by atoms with Crippen molar-refractivity contribution >= 4 is 17.6 Å². The number of benzene rings is 1. The molecule has 1 amide bonds. The van der Waals surface area contributed by atoms with E-state index in [4.69, 9.17) is 14.2 Å². The molecule has 0 aromatic heterocycles. The molecule has 1 saturated carbocycles. The first-order valence-corrected chi connectivity index (χ1v) is 7.68. The highest BCUT2D eigenvalue weighted by atomic mass is 16.5. The third kappa shape index (κ3) is 3.64. The lowest BCUT2D eigenvalue weighted by Gasteiger charge is -2.26. The number of hydrogen-bond acceptors (Lipinski definition) is 5. The normalized spacial score (nSPS) is 16.3. The van der Waals surface area contributed by atoms with Crippen molar-refractivity contribution in [2.45, 2.75) is 32.3 Å². The highest BCUT2D eigenvalue weighted by Crippen LogP contribution is 2.42. The Morgan fingerprint density at radius 3 is 2.52 bits per heavy atom. The summed E-state index contributed by atoms with van der Waals surface area (Å²) >= 11 is 0. The van der Waals surface area contributed by atoms with Crippen LogP contribution in [0.4, 0.5) is 5.69 Å². The van der Waals surface area contributed by atoms with Crippen LogP contribution < -0.4 is 10.1 Å². The van der Waals surface area contributed by atoms with Gasteiger partial charge in [-0.25, -0.2) is 4.79 Å². The van der Waals surface area contributed by atoms with E-state index in [1.807, 2.05) is 6.92 Å². The van der Waals surface area contributed by atoms with Gasteiger partial charge in [0.25, 0.3) is 5.91 Å². The van der Waals surface area contributed by atoms with E-state index in [2.05, 4.69) is 5.32 Å². The second-order valence-electron chi connectivity index (χ2n) is 5.68. The Balaban J connectivity index is 2.22. The van der Waals surface area contributed by atoms with E-state index in [-0.39, 0.29) is 17.4 Å². The van der Waals surface area contributed by atoms with Crippen LogP contribution >= 0.6 is 0 Å². The van der Waals surface area contributed by atoms with Crippen LogP contribution in [-0.4, -0.2) is 38.3 Å². The molecule has 126 valence electrons. The fourth-order valence-corrected chi connectivity index (χ4v) is 2.49. The SMILES string of the molecule is CCOc1ccc(NC(=O)C(C)(OC)C2CC2)cc1C(=O)OC. The average molecular weight is 321 g/mol. The molecule has 1 unspecified atom stereocenters. The van der Waals surface area contributed by atoms with Crippen molar-refractivity contribution in [1.82, 2.24) is 0 Å². The number of carbonyl (C=O) groups is 2. The van der Waals surface area contributed by atoms with Crippen molar-refractivity contribution in [2.24, 2.45) is 5.92 Å². The Labute approximate surface area is 136 Å². The number of nitrogens with one attached hydrogen (secondary N) is 1. The minimum Gasteiger partial charge on any atom is -0.493 e. The first-order chi connectivity index (χ1) is 11.0. The van der Waals surface area contributed by atoms with Gasteiger partial charge in [-0.2, -0.15) is 0 Å². The zero-order chi connectivity index (χ0) is 17.0. The van der Waals surface area contributed by atoms with Crippen LogP contribution in [0.2, 0.25) is 0 Å². The molecule has 0 heterocycles. The summed E-state index contributed by atoms with van der Waals surface area (Å²) < 4.78 is 15.6. The lowest BCUT2D eigenvalue weighted by molar-refractivity contribution is -0.138. The molecule has 0 spiro atoms. The fourth-order valence-electron chi connectivity index (χ4n) is 2.49. The van der Waals surface area contributed by atoms with Crippen molar-refractivity contribution in [3.8, 4) is 5.75 Å². The predicted molar refractivity (Wildman–Crippen MR) is 85.7 cm³/mol. The molecule has 1 aromatic rings. The lowest BCUT2D eigenvalue weighted by Crippen LogP contribution is -2.44. The quantitative estimate of drug-likeness (QED) is 0.782. The molecule has 1 aliphatic rings. The lowest BCUT2D eigenvalue weighted by atomic mass is 9.99. The van der Waals surface area contributed by atoms with E-state index in [9.17, 15) is 9.59 Å². The second kappa shape index (κ2) is 7.00. The summed E-state index contributed by atoms with van der Waals surface area (Å²) in [6.07, 6.45) is 1.96. The maximum atomic E-state index is 12.5. The Kier molecular flexibility index (Phi) is 5.26. The molecule has 0 saturated heterocycles. The number of anilines is 1. The molecule has 0 bridgehead atoms. The Morgan fingerprint density at radius 2 is 2.00 bits per heavy atom. The molecule has 1 aliphatic carbocycles. The van der Waals surface area contributed by atoms with Gasteiger partial charge in [-0.15, -0.1) is 0 Å². The maximum Gasteiger partial charge on any atom is 0.341 e. The standard InChI is InChI=1S/C17H23NO5/c1-5-23-14-9-8-12(10-13(14)15(19)21-3)18-16(20)17(2,22-4)11-6-7-11/h8-11H,5-7H2,1-4H3,(H,18,20). The number of ether oxygens (including phenoxy) is 3. The van der Waals surface area contributed by atoms with Gasteiger partial charge in [0.1, 0.15) is 16.9 Å². The van der Waals surface area contributed by atoms with Crippen molar-refractivity contribution in [1.29, 1.82) is 0 Å². The van der Waals surface area contributed by atoms with Gasteiger partial charge >= 0.3 is 5.97 Å². The molecular formula is C17H23NO5. The van der Waals surface area contributed by atoms with Crippen molar-refractivity contribution in [2.75, 3.05) is 26.1 Å². The van der Waals surface area contributed by atoms with Gasteiger partial charge < -0.3 is 19.5 Å². The van der Waals surface area contributed by atoms with Crippen molar-refractivity contribution in [3.63, 3.8) is 0 Å². The van der Waals surface area contributed by atoms with Crippen LogP contribution in [-0.2, 0) is 14.3 Å². The molecule has 6 nitrogen and oxygen atoms in total. The monoisotopic (exact) mass is 321 g/mol. The van der Waals surface area contributed by atoms with Crippen LogP contribution in [0.15, 0.2) is 18.2 Å². The first-order valence-electron chi connectivity index (χ1n) is 7.68. The molecular weight excluding hydrogens is 298 g/mol. The van der Waals surface area contributed by atoms with Gasteiger partial charge in [0, 0.05) is 12.8 Å². The van der Waals surface area contributed by atoms with Crippen LogP contribution in [0.1, 0.15) is 37.0 Å². The first kappa shape index (κ1) is 17.3. The number of rotatable bonds is 7. The highest BCUT2D eigenvalue weighted by molar-refractivity contribution is 5.99. The third-order valence-corrected chi connectivity index (χ3v) is 4.17. The maximum absolute atomic E-state index is 12.5. The van der Waals surface area contributed by atoms with Gasteiger partial charge in [0.05, 0.1) is 13.7 Å². The summed E-state index contributed by atoms with van der Waals surface area (Å²) in [6, 6.07) is 4.89.